The molecule has 1 N–H and O–H groups in total. The molecule has 2 aromatic rings. The summed E-state index contributed by atoms with van der Waals surface area (Å²) in [4.78, 5) is 31.0. The van der Waals surface area contributed by atoms with Gasteiger partial charge in [0.2, 0.25) is 0 Å². The van der Waals surface area contributed by atoms with Gasteiger partial charge in [-0.2, -0.15) is 0 Å². The molecule has 0 fully saturated rings. The molecule has 0 aliphatic carbocycles. The number of carboxylic acids is 1. The van der Waals surface area contributed by atoms with Gasteiger partial charge in [0.15, 0.2) is 0 Å². The first kappa shape index (κ1) is 16.2. The van der Waals surface area contributed by atoms with Crippen LogP contribution in [0.4, 0.5) is 11.4 Å². The van der Waals surface area contributed by atoms with E-state index in [4.69, 9.17) is 21.4 Å². The van der Waals surface area contributed by atoms with Crippen molar-refractivity contribution in [2.24, 2.45) is 0 Å². The maximum absolute atomic E-state index is 11.1. The van der Waals surface area contributed by atoms with Crippen LogP contribution >= 0.6 is 11.6 Å². The molecule has 0 aliphatic heterocycles. The number of non-ortho nitro benzene ring substituents is 1. The van der Waals surface area contributed by atoms with Gasteiger partial charge < -0.3 is 9.84 Å². The topological polar surface area (TPSA) is 133 Å². The molecule has 9 nitrogen and oxygen atoms in total. The number of nitrogens with zero attached hydrogens (tertiary/aromatic N) is 2. The Labute approximate surface area is 133 Å². The number of carbonyl (C=O) groups is 1. The lowest BCUT2D eigenvalue weighted by Gasteiger charge is -2.08. The number of nitro groups is 2. The fourth-order valence-corrected chi connectivity index (χ4v) is 1.94. The normalized spacial score (nSPS) is 10.1. The van der Waals surface area contributed by atoms with Crippen LogP contribution in [-0.4, -0.2) is 20.9 Å². The van der Waals surface area contributed by atoms with Crippen LogP contribution in [0.2, 0.25) is 5.02 Å². The van der Waals surface area contributed by atoms with E-state index in [0.29, 0.717) is 0 Å². The van der Waals surface area contributed by atoms with Crippen molar-refractivity contribution in [3.63, 3.8) is 0 Å². The van der Waals surface area contributed by atoms with Crippen molar-refractivity contribution in [2.45, 2.75) is 0 Å². The van der Waals surface area contributed by atoms with Gasteiger partial charge in [-0.1, -0.05) is 11.6 Å². The molecule has 0 amide bonds. The highest BCUT2D eigenvalue weighted by Crippen LogP contribution is 2.34. The van der Waals surface area contributed by atoms with Crippen molar-refractivity contribution in [1.82, 2.24) is 0 Å². The largest absolute Gasteiger partial charge is 0.477 e. The van der Waals surface area contributed by atoms with E-state index in [1.165, 1.54) is 12.1 Å². The summed E-state index contributed by atoms with van der Waals surface area (Å²) in [6.45, 7) is 0. The Morgan fingerprint density at radius 3 is 2.30 bits per heavy atom. The van der Waals surface area contributed by atoms with Crippen molar-refractivity contribution < 1.29 is 24.5 Å². The standard InChI is InChI=1S/C13H7ClN2O7/c14-10-5-7(15(19)20)1-4-12(10)23-8-2-3-11(16(21)22)9(6-8)13(17)18/h1-6H,(H,17,18). The van der Waals surface area contributed by atoms with E-state index in [1.54, 1.807) is 0 Å². The van der Waals surface area contributed by atoms with Crippen molar-refractivity contribution in [1.29, 1.82) is 0 Å². The second-order valence-corrected chi connectivity index (χ2v) is 4.62. The molecule has 0 saturated carbocycles. The first-order valence-electron chi connectivity index (χ1n) is 5.93. The monoisotopic (exact) mass is 338 g/mol. The molecule has 0 heterocycles. The van der Waals surface area contributed by atoms with Gasteiger partial charge >= 0.3 is 5.97 Å². The highest BCUT2D eigenvalue weighted by atomic mass is 35.5. The van der Waals surface area contributed by atoms with Crippen LogP contribution in [0.15, 0.2) is 36.4 Å². The molecule has 0 saturated heterocycles. The van der Waals surface area contributed by atoms with Crippen LogP contribution in [0.1, 0.15) is 10.4 Å². The number of nitro benzene ring substituents is 2. The Morgan fingerprint density at radius 2 is 1.78 bits per heavy atom. The predicted molar refractivity (Wildman–Crippen MR) is 78.2 cm³/mol. The van der Waals surface area contributed by atoms with E-state index in [0.717, 1.165) is 24.3 Å². The SMILES string of the molecule is O=C(O)c1cc(Oc2ccc([N+](=O)[O-])cc2Cl)ccc1[N+](=O)[O-]. The van der Waals surface area contributed by atoms with E-state index in [1.807, 2.05) is 0 Å². The van der Waals surface area contributed by atoms with Crippen LogP contribution in [-0.2, 0) is 0 Å². The summed E-state index contributed by atoms with van der Waals surface area (Å²) >= 11 is 5.85. The summed E-state index contributed by atoms with van der Waals surface area (Å²) in [6, 6.07) is 6.62. The molecule has 23 heavy (non-hydrogen) atoms. The number of halogens is 1. The molecule has 0 atom stereocenters. The first-order chi connectivity index (χ1) is 10.8. The molecule has 0 aliphatic rings. The molecule has 2 rings (SSSR count). The molecule has 0 bridgehead atoms. The molecular formula is C13H7ClN2O7. The number of carboxylic acid groups (broad SMARTS) is 1. The van der Waals surface area contributed by atoms with Gasteiger partial charge in [-0.15, -0.1) is 0 Å². The lowest BCUT2D eigenvalue weighted by atomic mass is 10.1. The molecule has 0 radical (unpaired) electrons. The van der Waals surface area contributed by atoms with Gasteiger partial charge in [0.05, 0.1) is 14.9 Å². The molecule has 0 aromatic heterocycles. The van der Waals surface area contributed by atoms with Gasteiger partial charge in [0.25, 0.3) is 11.4 Å². The number of benzene rings is 2. The maximum Gasteiger partial charge on any atom is 0.342 e. The summed E-state index contributed by atoms with van der Waals surface area (Å²) < 4.78 is 5.33. The van der Waals surface area contributed by atoms with E-state index in [2.05, 4.69) is 0 Å². The minimum atomic E-state index is -1.49. The van der Waals surface area contributed by atoms with Crippen molar-refractivity contribution >= 4 is 28.9 Å². The van der Waals surface area contributed by atoms with Gasteiger partial charge in [-0.05, 0) is 12.1 Å². The Balaban J connectivity index is 2.37. The quantitative estimate of drug-likeness (QED) is 0.649. The van der Waals surface area contributed by atoms with Crippen LogP contribution in [0.25, 0.3) is 0 Å². The Bertz CT molecular complexity index is 822. The van der Waals surface area contributed by atoms with Crippen molar-refractivity contribution in [3.05, 3.63) is 67.2 Å². The highest BCUT2D eigenvalue weighted by molar-refractivity contribution is 6.32. The predicted octanol–water partition coefficient (Wildman–Crippen LogP) is 3.65. The van der Waals surface area contributed by atoms with E-state index in [-0.39, 0.29) is 22.2 Å². The van der Waals surface area contributed by atoms with Crippen LogP contribution in [0, 0.1) is 20.2 Å². The summed E-state index contributed by atoms with van der Waals surface area (Å²) in [5.74, 6) is -1.46. The first-order valence-corrected chi connectivity index (χ1v) is 6.31. The van der Waals surface area contributed by atoms with Crippen LogP contribution < -0.4 is 4.74 Å². The van der Waals surface area contributed by atoms with Gasteiger partial charge in [-0.3, -0.25) is 20.2 Å². The van der Waals surface area contributed by atoms with Gasteiger partial charge in [0.1, 0.15) is 17.1 Å². The summed E-state index contributed by atoms with van der Waals surface area (Å²) in [7, 11) is 0. The number of hydrogen-bond donors (Lipinski definition) is 1. The average molecular weight is 339 g/mol. The Hall–Kier alpha value is -3.20. The van der Waals surface area contributed by atoms with E-state index >= 15 is 0 Å². The Morgan fingerprint density at radius 1 is 1.09 bits per heavy atom. The number of hydrogen-bond acceptors (Lipinski definition) is 6. The van der Waals surface area contributed by atoms with Crippen molar-refractivity contribution in [2.75, 3.05) is 0 Å². The smallest absolute Gasteiger partial charge is 0.342 e. The zero-order chi connectivity index (χ0) is 17.1. The second kappa shape index (κ2) is 6.28. The second-order valence-electron chi connectivity index (χ2n) is 4.22. The third-order valence-electron chi connectivity index (χ3n) is 2.75. The summed E-state index contributed by atoms with van der Waals surface area (Å²) in [6.07, 6.45) is 0. The van der Waals surface area contributed by atoms with Crippen LogP contribution in [0.5, 0.6) is 11.5 Å². The molecule has 10 heteroatoms. The highest BCUT2D eigenvalue weighted by Gasteiger charge is 2.21. The fraction of sp³-hybridized carbons (Fsp3) is 0. The average Bonchev–Trinajstić information content (AvgIpc) is 2.48. The van der Waals surface area contributed by atoms with E-state index < -0.39 is 27.1 Å². The number of ether oxygens (including phenoxy) is 1. The third-order valence-corrected chi connectivity index (χ3v) is 3.04. The molecule has 0 spiro atoms. The summed E-state index contributed by atoms with van der Waals surface area (Å²) in [5, 5.41) is 30.3. The van der Waals surface area contributed by atoms with Gasteiger partial charge in [-0.25, -0.2) is 4.79 Å². The fourth-order valence-electron chi connectivity index (χ4n) is 1.72. The zero-order valence-electron chi connectivity index (χ0n) is 11.1. The molecular weight excluding hydrogens is 332 g/mol. The molecule has 118 valence electrons. The lowest BCUT2D eigenvalue weighted by Crippen LogP contribution is -2.03. The number of rotatable bonds is 5. The Kier molecular flexibility index (Phi) is 4.42. The molecule has 0 unspecified atom stereocenters. The maximum atomic E-state index is 11.1. The minimum Gasteiger partial charge on any atom is -0.477 e. The van der Waals surface area contributed by atoms with E-state index in [9.17, 15) is 25.0 Å². The third kappa shape index (κ3) is 3.52. The van der Waals surface area contributed by atoms with Crippen LogP contribution in [0.3, 0.4) is 0 Å². The zero-order valence-corrected chi connectivity index (χ0v) is 11.9. The molecule has 2 aromatic carbocycles. The summed E-state index contributed by atoms with van der Waals surface area (Å²) in [5.41, 5.74) is -1.37. The number of aromatic carboxylic acids is 1. The van der Waals surface area contributed by atoms with Crippen molar-refractivity contribution in [3.8, 4) is 11.5 Å². The minimum absolute atomic E-state index is 0.0104. The lowest BCUT2D eigenvalue weighted by molar-refractivity contribution is -0.385. The van der Waals surface area contributed by atoms with Gasteiger partial charge in [0, 0.05) is 24.3 Å².